The molecule has 2 heterocycles. The Bertz CT molecular complexity index is 1220. The summed E-state index contributed by atoms with van der Waals surface area (Å²) in [5.74, 6) is -0.553. The molecule has 9 nitrogen and oxygen atoms in total. The van der Waals surface area contributed by atoms with Gasteiger partial charge in [-0.05, 0) is 56.2 Å². The monoisotopic (exact) mass is 469 g/mol. The van der Waals surface area contributed by atoms with Gasteiger partial charge in [0.1, 0.15) is 6.54 Å². The zero-order valence-corrected chi connectivity index (χ0v) is 19.7. The number of hydrogen-bond donors (Lipinski definition) is 1. The minimum absolute atomic E-state index is 0.0700. The number of amidine groups is 1. The van der Waals surface area contributed by atoms with E-state index in [0.717, 1.165) is 16.7 Å². The molecule has 0 saturated carbocycles. The number of rotatable bonds is 4. The van der Waals surface area contributed by atoms with Crippen molar-refractivity contribution in [3.05, 3.63) is 59.2 Å². The number of hydrazine groups is 1. The molecule has 2 aromatic rings. The lowest BCUT2D eigenvalue weighted by molar-refractivity contribution is -0.125. The van der Waals surface area contributed by atoms with Crippen molar-refractivity contribution in [1.29, 1.82) is 0 Å². The number of amides is 2. The smallest absolute Gasteiger partial charge is 0.290 e. The van der Waals surface area contributed by atoms with Crippen LogP contribution in [0.15, 0.2) is 52.4 Å². The molecule has 174 valence electrons. The molecule has 4 rings (SSSR count). The Hall–Kier alpha value is -3.24. The summed E-state index contributed by atoms with van der Waals surface area (Å²) >= 11 is 0. The van der Waals surface area contributed by atoms with E-state index in [4.69, 9.17) is 0 Å². The van der Waals surface area contributed by atoms with Gasteiger partial charge in [-0.25, -0.2) is 13.4 Å². The van der Waals surface area contributed by atoms with Crippen molar-refractivity contribution in [3.63, 3.8) is 0 Å². The maximum Gasteiger partial charge on any atom is 0.290 e. The van der Waals surface area contributed by atoms with Gasteiger partial charge in [0.2, 0.25) is 15.9 Å². The number of hydrogen-bond acceptors (Lipinski definition) is 6. The van der Waals surface area contributed by atoms with Crippen LogP contribution >= 0.6 is 0 Å². The third-order valence-corrected chi connectivity index (χ3v) is 7.87. The van der Waals surface area contributed by atoms with E-state index in [1.807, 2.05) is 32.9 Å². The molecule has 0 atom stereocenters. The molecule has 0 radical (unpaired) electrons. The van der Waals surface area contributed by atoms with Gasteiger partial charge < -0.3 is 4.90 Å². The first-order chi connectivity index (χ1) is 15.7. The number of aryl methyl sites for hydroxylation is 3. The molecule has 1 saturated heterocycles. The van der Waals surface area contributed by atoms with E-state index in [0.29, 0.717) is 5.69 Å². The number of piperazine rings is 1. The van der Waals surface area contributed by atoms with Crippen molar-refractivity contribution < 1.29 is 18.0 Å². The summed E-state index contributed by atoms with van der Waals surface area (Å²) < 4.78 is 27.5. The molecule has 0 aliphatic carbocycles. The van der Waals surface area contributed by atoms with Crippen molar-refractivity contribution >= 4 is 33.4 Å². The molecule has 2 aliphatic heterocycles. The highest BCUT2D eigenvalue weighted by molar-refractivity contribution is 7.89. The van der Waals surface area contributed by atoms with E-state index in [-0.39, 0.29) is 55.3 Å². The number of nitrogens with one attached hydrogen (secondary N) is 1. The molecule has 10 heteroatoms. The summed E-state index contributed by atoms with van der Waals surface area (Å²) in [6.45, 7) is 6.49. The molecule has 1 fully saturated rings. The normalized spacial score (nSPS) is 17.5. The highest BCUT2D eigenvalue weighted by atomic mass is 32.2. The van der Waals surface area contributed by atoms with Crippen LogP contribution in [0.2, 0.25) is 0 Å². The molecule has 2 aliphatic rings. The van der Waals surface area contributed by atoms with Crippen molar-refractivity contribution in [2.75, 3.05) is 37.7 Å². The molecule has 2 amide bonds. The Labute approximate surface area is 193 Å². The van der Waals surface area contributed by atoms with E-state index in [2.05, 4.69) is 10.4 Å². The van der Waals surface area contributed by atoms with E-state index in [9.17, 15) is 18.0 Å². The van der Waals surface area contributed by atoms with Gasteiger partial charge in [0, 0.05) is 26.2 Å². The minimum Gasteiger partial charge on any atom is -0.333 e. The first kappa shape index (κ1) is 22.9. The van der Waals surface area contributed by atoms with Gasteiger partial charge in [-0.3, -0.25) is 20.0 Å². The van der Waals surface area contributed by atoms with Gasteiger partial charge in [0.25, 0.3) is 11.8 Å². The SMILES string of the molecule is Cc1ccc(N2NC(C(=O)N3CCN(S(=O)(=O)c4ccc(C)c(C)c4)CC3)=NCC2=O)cc1. The third kappa shape index (κ3) is 4.62. The van der Waals surface area contributed by atoms with Crippen LogP contribution in [0.4, 0.5) is 5.69 Å². The van der Waals surface area contributed by atoms with Crippen LogP contribution < -0.4 is 10.4 Å². The molecular weight excluding hydrogens is 442 g/mol. The highest BCUT2D eigenvalue weighted by Gasteiger charge is 2.33. The van der Waals surface area contributed by atoms with Gasteiger partial charge in [0.15, 0.2) is 0 Å². The number of sulfonamides is 1. The fourth-order valence-electron chi connectivity index (χ4n) is 3.74. The lowest BCUT2D eigenvalue weighted by Gasteiger charge is -2.35. The molecule has 1 N–H and O–H groups in total. The molecule has 0 bridgehead atoms. The van der Waals surface area contributed by atoms with Crippen molar-refractivity contribution in [3.8, 4) is 0 Å². The first-order valence-corrected chi connectivity index (χ1v) is 12.2. The zero-order valence-electron chi connectivity index (χ0n) is 18.9. The fraction of sp³-hybridized carbons (Fsp3) is 0.348. The first-order valence-electron chi connectivity index (χ1n) is 10.7. The van der Waals surface area contributed by atoms with Gasteiger partial charge in [-0.2, -0.15) is 4.31 Å². The Balaban J connectivity index is 1.42. The van der Waals surface area contributed by atoms with Gasteiger partial charge in [-0.15, -0.1) is 0 Å². The number of benzene rings is 2. The standard InChI is InChI=1S/C23H27N5O4S/c1-16-4-7-19(8-5-16)28-21(29)15-24-22(25-28)23(30)26-10-12-27(13-11-26)33(31,32)20-9-6-17(2)18(3)14-20/h4-9,14H,10-13,15H2,1-3H3,(H,24,25). The average Bonchev–Trinajstić information content (AvgIpc) is 2.81. The number of carbonyl (C=O) groups is 2. The third-order valence-electron chi connectivity index (χ3n) is 5.98. The van der Waals surface area contributed by atoms with Crippen LogP contribution in [0.1, 0.15) is 16.7 Å². The lowest BCUT2D eigenvalue weighted by Crippen LogP contribution is -2.59. The largest absolute Gasteiger partial charge is 0.333 e. The zero-order chi connectivity index (χ0) is 23.8. The topological polar surface area (TPSA) is 102 Å². The molecule has 0 aromatic heterocycles. The van der Waals surface area contributed by atoms with Crippen LogP contribution in [-0.4, -0.2) is 68.0 Å². The van der Waals surface area contributed by atoms with Crippen LogP contribution in [0.5, 0.6) is 0 Å². The Morgan fingerprint density at radius 1 is 0.939 bits per heavy atom. The number of aliphatic imine (C=N–C) groups is 1. The van der Waals surface area contributed by atoms with Gasteiger partial charge >= 0.3 is 0 Å². The van der Waals surface area contributed by atoms with E-state index < -0.39 is 10.0 Å². The minimum atomic E-state index is -3.63. The van der Waals surface area contributed by atoms with Crippen LogP contribution in [0, 0.1) is 20.8 Å². The van der Waals surface area contributed by atoms with Crippen LogP contribution in [0.25, 0.3) is 0 Å². The second kappa shape index (κ2) is 8.95. The number of nitrogens with zero attached hydrogens (tertiary/aromatic N) is 4. The Morgan fingerprint density at radius 3 is 2.24 bits per heavy atom. The summed E-state index contributed by atoms with van der Waals surface area (Å²) in [5.41, 5.74) is 6.45. The van der Waals surface area contributed by atoms with Gasteiger partial charge in [0.05, 0.1) is 10.6 Å². The predicted octanol–water partition coefficient (Wildman–Crippen LogP) is 1.39. The predicted molar refractivity (Wildman–Crippen MR) is 125 cm³/mol. The lowest BCUT2D eigenvalue weighted by atomic mass is 10.1. The fourth-order valence-corrected chi connectivity index (χ4v) is 5.25. The molecule has 0 unspecified atom stereocenters. The van der Waals surface area contributed by atoms with E-state index >= 15 is 0 Å². The number of carbonyl (C=O) groups excluding carboxylic acids is 2. The maximum atomic E-state index is 13.0. The molecule has 0 spiro atoms. The van der Waals surface area contributed by atoms with E-state index in [1.165, 1.54) is 9.31 Å². The second-order valence-electron chi connectivity index (χ2n) is 8.28. The summed E-state index contributed by atoms with van der Waals surface area (Å²) in [6, 6.07) is 12.5. The summed E-state index contributed by atoms with van der Waals surface area (Å²) in [4.78, 5) is 31.3. The molecule has 33 heavy (non-hydrogen) atoms. The van der Waals surface area contributed by atoms with Crippen molar-refractivity contribution in [2.45, 2.75) is 25.7 Å². The highest BCUT2D eigenvalue weighted by Crippen LogP contribution is 2.21. The van der Waals surface area contributed by atoms with Crippen molar-refractivity contribution in [2.24, 2.45) is 4.99 Å². The van der Waals surface area contributed by atoms with Gasteiger partial charge in [-0.1, -0.05) is 23.8 Å². The van der Waals surface area contributed by atoms with E-state index in [1.54, 1.807) is 35.2 Å². The second-order valence-corrected chi connectivity index (χ2v) is 10.2. The summed E-state index contributed by atoms with van der Waals surface area (Å²) in [7, 11) is -3.63. The average molecular weight is 470 g/mol. The summed E-state index contributed by atoms with van der Waals surface area (Å²) in [6.07, 6.45) is 0. The Kier molecular flexibility index (Phi) is 6.22. The van der Waals surface area contributed by atoms with Crippen molar-refractivity contribution in [1.82, 2.24) is 14.6 Å². The maximum absolute atomic E-state index is 13.0. The Morgan fingerprint density at radius 2 is 1.61 bits per heavy atom. The molecule has 2 aromatic carbocycles. The quantitative estimate of drug-likeness (QED) is 0.729. The van der Waals surface area contributed by atoms with Crippen LogP contribution in [-0.2, 0) is 19.6 Å². The molecular formula is C23H27N5O4S. The van der Waals surface area contributed by atoms with Crippen LogP contribution in [0.3, 0.4) is 0 Å². The summed E-state index contributed by atoms with van der Waals surface area (Å²) in [5, 5.41) is 1.32. The number of anilines is 1.